The largest absolute Gasteiger partial charge is 0.401 e. The van der Waals surface area contributed by atoms with E-state index in [1.165, 1.54) is 4.90 Å². The van der Waals surface area contributed by atoms with E-state index in [9.17, 15) is 13.2 Å². The van der Waals surface area contributed by atoms with E-state index in [1.54, 1.807) is 23.1 Å². The molecule has 0 saturated carbocycles. The Hall–Kier alpha value is -1.35. The minimum Gasteiger partial charge on any atom is -0.366 e. The molecule has 2 aromatic heterocycles. The molecule has 1 aliphatic rings. The topological polar surface area (TPSA) is 45.5 Å². The predicted molar refractivity (Wildman–Crippen MR) is 89.0 cm³/mol. The fourth-order valence-corrected chi connectivity index (χ4v) is 3.67. The number of aromatic nitrogens is 3. The fraction of sp³-hybridized carbons (Fsp3) is 0.600. The van der Waals surface area contributed by atoms with Gasteiger partial charge in [0.15, 0.2) is 5.82 Å². The molecule has 1 saturated heterocycles. The van der Waals surface area contributed by atoms with Crippen LogP contribution in [-0.4, -0.2) is 51.4 Å². The molecule has 5 nitrogen and oxygen atoms in total. The van der Waals surface area contributed by atoms with Crippen LogP contribution in [0.5, 0.6) is 0 Å². The quantitative estimate of drug-likeness (QED) is 0.844. The number of hydrogen-bond donors (Lipinski definition) is 1. The smallest absolute Gasteiger partial charge is 0.366 e. The first-order chi connectivity index (χ1) is 11.3. The molecule has 1 N–H and O–H groups in total. The average molecular weight is 406 g/mol. The molecular formula is C15H19BrF3N5. The molecule has 0 aromatic carbocycles. The molecule has 1 atom stereocenters. The molecule has 1 fully saturated rings. The number of nitrogens with one attached hydrogen (secondary N) is 1. The Morgan fingerprint density at radius 2 is 2.08 bits per heavy atom. The summed E-state index contributed by atoms with van der Waals surface area (Å²) in [5.74, 6) is 1.05. The zero-order valence-electron chi connectivity index (χ0n) is 13.2. The lowest BCUT2D eigenvalue weighted by Gasteiger charge is -2.35. The van der Waals surface area contributed by atoms with Crippen LogP contribution in [0.1, 0.15) is 19.8 Å². The lowest BCUT2D eigenvalue weighted by molar-refractivity contribution is -0.148. The molecule has 0 bridgehead atoms. The van der Waals surface area contributed by atoms with E-state index in [0.717, 1.165) is 28.6 Å². The van der Waals surface area contributed by atoms with Gasteiger partial charge in [0, 0.05) is 18.4 Å². The number of hydrogen-bond acceptors (Lipinski definition) is 4. The third kappa shape index (κ3) is 4.00. The van der Waals surface area contributed by atoms with Gasteiger partial charge >= 0.3 is 6.18 Å². The van der Waals surface area contributed by atoms with E-state index in [2.05, 4.69) is 38.3 Å². The second-order valence-electron chi connectivity index (χ2n) is 6.22. The van der Waals surface area contributed by atoms with E-state index in [0.29, 0.717) is 19.0 Å². The second kappa shape index (κ2) is 6.87. The first kappa shape index (κ1) is 17.5. The van der Waals surface area contributed by atoms with Gasteiger partial charge in [0.1, 0.15) is 5.52 Å². The monoisotopic (exact) mass is 405 g/mol. The van der Waals surface area contributed by atoms with Gasteiger partial charge in [-0.3, -0.25) is 4.90 Å². The van der Waals surface area contributed by atoms with Crippen molar-refractivity contribution >= 4 is 27.3 Å². The van der Waals surface area contributed by atoms with E-state index in [-0.39, 0.29) is 6.04 Å². The number of piperidine rings is 1. The van der Waals surface area contributed by atoms with Crippen LogP contribution in [0.2, 0.25) is 0 Å². The molecule has 0 radical (unpaired) electrons. The molecule has 1 aliphatic heterocycles. The highest BCUT2D eigenvalue weighted by Gasteiger charge is 2.33. The van der Waals surface area contributed by atoms with Gasteiger partial charge in [0.2, 0.25) is 0 Å². The Kier molecular flexibility index (Phi) is 5.00. The highest BCUT2D eigenvalue weighted by atomic mass is 79.9. The summed E-state index contributed by atoms with van der Waals surface area (Å²) < 4.78 is 40.0. The Morgan fingerprint density at radius 3 is 2.75 bits per heavy atom. The number of fused-ring (bicyclic) bond motifs is 1. The first-order valence-corrected chi connectivity index (χ1v) is 8.66. The first-order valence-electron chi connectivity index (χ1n) is 7.87. The van der Waals surface area contributed by atoms with Gasteiger partial charge in [0.25, 0.3) is 0 Å². The molecule has 3 rings (SSSR count). The van der Waals surface area contributed by atoms with Gasteiger partial charge in [0.05, 0.1) is 17.2 Å². The summed E-state index contributed by atoms with van der Waals surface area (Å²) in [6, 6.07) is 0.124. The van der Waals surface area contributed by atoms with Gasteiger partial charge in [-0.2, -0.15) is 18.3 Å². The fourth-order valence-electron chi connectivity index (χ4n) is 3.21. The maximum absolute atomic E-state index is 12.5. The van der Waals surface area contributed by atoms with Gasteiger partial charge in [-0.05, 0) is 54.7 Å². The zero-order valence-corrected chi connectivity index (χ0v) is 14.8. The third-order valence-electron chi connectivity index (χ3n) is 4.49. The predicted octanol–water partition coefficient (Wildman–Crippen LogP) is 3.57. The van der Waals surface area contributed by atoms with E-state index < -0.39 is 12.7 Å². The highest BCUT2D eigenvalue weighted by Crippen LogP contribution is 2.28. The number of rotatable bonds is 4. The Morgan fingerprint density at radius 1 is 1.38 bits per heavy atom. The Labute approximate surface area is 146 Å². The Bertz CT molecular complexity index is 694. The van der Waals surface area contributed by atoms with Crippen molar-refractivity contribution in [3.8, 4) is 0 Å². The molecule has 132 valence electrons. The van der Waals surface area contributed by atoms with Crippen molar-refractivity contribution in [3.63, 3.8) is 0 Å². The molecule has 1 unspecified atom stereocenters. The summed E-state index contributed by atoms with van der Waals surface area (Å²) in [5, 5.41) is 7.62. The standard InChI is InChI=1S/C15H19BrF3N5/c1-10(11-2-5-23(6-3-11)9-15(17,18)19)22-14-13-12(16)8-21-24(13)7-4-20-14/h4,7-8,10-11H,2-3,5-6,9H2,1H3,(H,20,22). The van der Waals surface area contributed by atoms with Crippen LogP contribution in [0.4, 0.5) is 19.0 Å². The number of halogens is 4. The highest BCUT2D eigenvalue weighted by molar-refractivity contribution is 9.10. The maximum atomic E-state index is 12.5. The van der Waals surface area contributed by atoms with Crippen LogP contribution in [0.25, 0.3) is 5.52 Å². The SMILES string of the molecule is CC(Nc1nccn2ncc(Br)c12)C1CCN(CC(F)(F)F)CC1. The molecule has 9 heteroatoms. The maximum Gasteiger partial charge on any atom is 0.401 e. The normalized spacial score (nSPS) is 18.9. The third-order valence-corrected chi connectivity index (χ3v) is 5.07. The number of likely N-dealkylation sites (tertiary alicyclic amines) is 1. The van der Waals surface area contributed by atoms with Crippen molar-refractivity contribution in [2.24, 2.45) is 5.92 Å². The van der Waals surface area contributed by atoms with Crippen molar-refractivity contribution in [2.75, 3.05) is 25.0 Å². The van der Waals surface area contributed by atoms with Crippen LogP contribution >= 0.6 is 15.9 Å². The van der Waals surface area contributed by atoms with Crippen LogP contribution in [0.3, 0.4) is 0 Å². The van der Waals surface area contributed by atoms with Gasteiger partial charge in [-0.1, -0.05) is 0 Å². The second-order valence-corrected chi connectivity index (χ2v) is 7.08. The van der Waals surface area contributed by atoms with E-state index in [4.69, 9.17) is 0 Å². The zero-order chi connectivity index (χ0) is 17.3. The van der Waals surface area contributed by atoms with Crippen LogP contribution < -0.4 is 5.32 Å². The van der Waals surface area contributed by atoms with Crippen molar-refractivity contribution < 1.29 is 13.2 Å². The molecule has 2 aromatic rings. The van der Waals surface area contributed by atoms with Gasteiger partial charge < -0.3 is 5.32 Å². The summed E-state index contributed by atoms with van der Waals surface area (Å²) in [7, 11) is 0. The van der Waals surface area contributed by atoms with Crippen LogP contribution in [0, 0.1) is 5.92 Å². The van der Waals surface area contributed by atoms with E-state index >= 15 is 0 Å². The summed E-state index contributed by atoms with van der Waals surface area (Å²) >= 11 is 3.46. The lowest BCUT2D eigenvalue weighted by Crippen LogP contribution is -2.43. The Balaban J connectivity index is 1.62. The molecule has 24 heavy (non-hydrogen) atoms. The molecular weight excluding hydrogens is 387 g/mol. The molecule has 0 amide bonds. The minimum atomic E-state index is -4.12. The lowest BCUT2D eigenvalue weighted by atomic mass is 9.90. The van der Waals surface area contributed by atoms with Crippen molar-refractivity contribution in [3.05, 3.63) is 23.1 Å². The van der Waals surface area contributed by atoms with Gasteiger partial charge in [-0.15, -0.1) is 0 Å². The number of nitrogens with zero attached hydrogens (tertiary/aromatic N) is 4. The average Bonchev–Trinajstić information content (AvgIpc) is 2.89. The minimum absolute atomic E-state index is 0.124. The number of alkyl halides is 3. The van der Waals surface area contributed by atoms with Gasteiger partial charge in [-0.25, -0.2) is 9.50 Å². The number of anilines is 1. The molecule has 3 heterocycles. The van der Waals surface area contributed by atoms with Crippen molar-refractivity contribution in [1.82, 2.24) is 19.5 Å². The van der Waals surface area contributed by atoms with E-state index in [1.807, 2.05) is 0 Å². The summed E-state index contributed by atoms with van der Waals surface area (Å²) in [6.45, 7) is 2.19. The van der Waals surface area contributed by atoms with Crippen LogP contribution in [0.15, 0.2) is 23.1 Å². The van der Waals surface area contributed by atoms with Crippen LogP contribution in [-0.2, 0) is 0 Å². The summed E-state index contributed by atoms with van der Waals surface area (Å²) in [5.41, 5.74) is 0.860. The molecule has 0 spiro atoms. The summed E-state index contributed by atoms with van der Waals surface area (Å²) in [6.07, 6.45) is 2.52. The van der Waals surface area contributed by atoms with Crippen molar-refractivity contribution in [2.45, 2.75) is 32.0 Å². The summed E-state index contributed by atoms with van der Waals surface area (Å²) in [4.78, 5) is 5.86. The van der Waals surface area contributed by atoms with Crippen molar-refractivity contribution in [1.29, 1.82) is 0 Å². The molecule has 0 aliphatic carbocycles.